The minimum absolute atomic E-state index is 0.295. The van der Waals surface area contributed by atoms with Gasteiger partial charge in [0.1, 0.15) is 5.75 Å². The van der Waals surface area contributed by atoms with Gasteiger partial charge in [0.15, 0.2) is 0 Å². The van der Waals surface area contributed by atoms with Crippen LogP contribution in [0.4, 0.5) is 0 Å². The van der Waals surface area contributed by atoms with Crippen molar-refractivity contribution in [3.05, 3.63) is 28.8 Å². The van der Waals surface area contributed by atoms with Crippen molar-refractivity contribution in [3.8, 4) is 5.75 Å². The summed E-state index contributed by atoms with van der Waals surface area (Å²) in [6.07, 6.45) is 2.35. The molecular weight excluding hydrogens is 275 g/mol. The van der Waals surface area contributed by atoms with Gasteiger partial charge < -0.3 is 4.74 Å². The summed E-state index contributed by atoms with van der Waals surface area (Å²) in [5, 5.41) is 1.52. The first-order valence-corrected chi connectivity index (χ1v) is 6.72. The third-order valence-corrected chi connectivity index (χ3v) is 3.21. The zero-order valence-corrected chi connectivity index (χ0v) is 11.4. The summed E-state index contributed by atoms with van der Waals surface area (Å²) in [7, 11) is 0. The topological polar surface area (TPSA) is 9.23 Å². The first kappa shape index (κ1) is 12.9. The Bertz CT molecular complexity index is 310. The molecule has 0 spiro atoms. The summed E-state index contributed by atoms with van der Waals surface area (Å²) < 4.78 is 5.90. The van der Waals surface area contributed by atoms with Crippen LogP contribution in [0.1, 0.15) is 32.3 Å². The van der Waals surface area contributed by atoms with Crippen LogP contribution in [0.25, 0.3) is 0 Å². The van der Waals surface area contributed by atoms with Crippen LogP contribution < -0.4 is 4.74 Å². The van der Waals surface area contributed by atoms with Crippen LogP contribution in [-0.4, -0.2) is 6.10 Å². The molecule has 1 aromatic rings. The summed E-state index contributed by atoms with van der Waals surface area (Å²) in [5.41, 5.74) is 1.11. The van der Waals surface area contributed by atoms with Crippen LogP contribution in [0.2, 0.25) is 5.02 Å². The van der Waals surface area contributed by atoms with E-state index in [1.54, 1.807) is 0 Å². The zero-order chi connectivity index (χ0) is 11.3. The molecule has 0 heterocycles. The van der Waals surface area contributed by atoms with E-state index in [9.17, 15) is 0 Å². The highest BCUT2D eigenvalue weighted by Crippen LogP contribution is 2.26. The lowest BCUT2D eigenvalue weighted by Crippen LogP contribution is -2.14. The first-order valence-electron chi connectivity index (χ1n) is 5.22. The van der Waals surface area contributed by atoms with Gasteiger partial charge in [-0.05, 0) is 31.0 Å². The second kappa shape index (κ2) is 6.39. The normalized spacial score (nSPS) is 10.7. The summed E-state index contributed by atoms with van der Waals surface area (Å²) >= 11 is 9.36. The van der Waals surface area contributed by atoms with Gasteiger partial charge in [-0.3, -0.25) is 0 Å². The third-order valence-electron chi connectivity index (χ3n) is 2.37. The van der Waals surface area contributed by atoms with E-state index in [1.807, 2.05) is 18.2 Å². The fourth-order valence-corrected chi connectivity index (χ4v) is 2.04. The van der Waals surface area contributed by atoms with Gasteiger partial charge in [0.05, 0.1) is 6.10 Å². The molecule has 0 fully saturated rings. The van der Waals surface area contributed by atoms with Crippen LogP contribution in [0.3, 0.4) is 0 Å². The minimum Gasteiger partial charge on any atom is -0.490 e. The molecule has 84 valence electrons. The number of hydrogen-bond acceptors (Lipinski definition) is 1. The molecule has 0 aromatic heterocycles. The molecule has 15 heavy (non-hydrogen) atoms. The molecule has 0 saturated carbocycles. The Labute approximate surface area is 105 Å². The van der Waals surface area contributed by atoms with Crippen molar-refractivity contribution in [3.63, 3.8) is 0 Å². The smallest absolute Gasteiger partial charge is 0.123 e. The number of ether oxygens (including phenoxy) is 1. The third kappa shape index (κ3) is 3.69. The van der Waals surface area contributed by atoms with Crippen molar-refractivity contribution >= 4 is 27.5 Å². The average Bonchev–Trinajstić information content (AvgIpc) is 2.27. The molecule has 0 atom stereocenters. The molecule has 0 aliphatic carbocycles. The van der Waals surface area contributed by atoms with Gasteiger partial charge in [-0.1, -0.05) is 41.4 Å². The lowest BCUT2D eigenvalue weighted by molar-refractivity contribution is 0.191. The van der Waals surface area contributed by atoms with E-state index < -0.39 is 0 Å². The maximum Gasteiger partial charge on any atom is 0.123 e. The van der Waals surface area contributed by atoms with Gasteiger partial charge in [-0.25, -0.2) is 0 Å². The van der Waals surface area contributed by atoms with Crippen molar-refractivity contribution in [2.45, 2.75) is 38.1 Å². The van der Waals surface area contributed by atoms with Crippen LogP contribution in [0.5, 0.6) is 5.75 Å². The second-order valence-corrected chi connectivity index (χ2v) is 4.44. The predicted molar refractivity (Wildman–Crippen MR) is 69.1 cm³/mol. The van der Waals surface area contributed by atoms with E-state index in [1.165, 1.54) is 0 Å². The summed E-state index contributed by atoms with van der Waals surface area (Å²) in [6.45, 7) is 4.27. The Morgan fingerprint density at radius 3 is 2.53 bits per heavy atom. The fraction of sp³-hybridized carbons (Fsp3) is 0.500. The lowest BCUT2D eigenvalue weighted by atomic mass is 10.2. The summed E-state index contributed by atoms with van der Waals surface area (Å²) in [4.78, 5) is 0. The lowest BCUT2D eigenvalue weighted by Gasteiger charge is -2.17. The Morgan fingerprint density at radius 1 is 1.33 bits per heavy atom. The van der Waals surface area contributed by atoms with E-state index in [4.69, 9.17) is 16.3 Å². The molecular formula is C12H16BrClO. The van der Waals surface area contributed by atoms with Crippen molar-refractivity contribution in [1.82, 2.24) is 0 Å². The number of alkyl halides is 1. The SMILES string of the molecule is CCC(CC)Oc1ccc(Cl)cc1CBr. The van der Waals surface area contributed by atoms with Crippen LogP contribution in [0.15, 0.2) is 18.2 Å². The van der Waals surface area contributed by atoms with Gasteiger partial charge in [0.2, 0.25) is 0 Å². The Hall–Kier alpha value is -0.210. The number of rotatable bonds is 5. The largest absolute Gasteiger partial charge is 0.490 e. The van der Waals surface area contributed by atoms with Crippen molar-refractivity contribution in [2.75, 3.05) is 0 Å². The molecule has 1 rings (SSSR count). The van der Waals surface area contributed by atoms with Crippen molar-refractivity contribution in [2.24, 2.45) is 0 Å². The van der Waals surface area contributed by atoms with E-state index in [0.29, 0.717) is 6.10 Å². The number of benzene rings is 1. The average molecular weight is 292 g/mol. The van der Waals surface area contributed by atoms with E-state index >= 15 is 0 Å². The molecule has 0 N–H and O–H groups in total. The quantitative estimate of drug-likeness (QED) is 0.708. The highest BCUT2D eigenvalue weighted by atomic mass is 79.9. The Balaban J connectivity index is 2.83. The molecule has 1 aromatic carbocycles. The monoisotopic (exact) mass is 290 g/mol. The number of halogens is 2. The fourth-order valence-electron chi connectivity index (χ4n) is 1.40. The molecule has 0 aliphatic rings. The molecule has 3 heteroatoms. The van der Waals surface area contributed by atoms with Gasteiger partial charge in [0, 0.05) is 15.9 Å². The molecule has 0 unspecified atom stereocenters. The Morgan fingerprint density at radius 2 is 2.00 bits per heavy atom. The molecule has 0 amide bonds. The van der Waals surface area contributed by atoms with Crippen LogP contribution in [-0.2, 0) is 5.33 Å². The predicted octanol–water partition coefficient (Wildman–Crippen LogP) is 4.80. The second-order valence-electron chi connectivity index (χ2n) is 3.44. The van der Waals surface area contributed by atoms with E-state index in [-0.39, 0.29) is 0 Å². The van der Waals surface area contributed by atoms with Crippen LogP contribution >= 0.6 is 27.5 Å². The first-order chi connectivity index (χ1) is 7.21. The van der Waals surface area contributed by atoms with Gasteiger partial charge in [-0.15, -0.1) is 0 Å². The summed E-state index contributed by atoms with van der Waals surface area (Å²) in [6, 6.07) is 5.75. The molecule has 0 radical (unpaired) electrons. The van der Waals surface area contributed by atoms with Crippen LogP contribution in [0, 0.1) is 0 Å². The molecule has 0 aliphatic heterocycles. The number of hydrogen-bond donors (Lipinski definition) is 0. The Kier molecular flexibility index (Phi) is 5.48. The maximum absolute atomic E-state index is 5.92. The highest BCUT2D eigenvalue weighted by molar-refractivity contribution is 9.08. The van der Waals surface area contributed by atoms with Crippen molar-refractivity contribution < 1.29 is 4.74 Å². The summed E-state index contributed by atoms with van der Waals surface area (Å²) in [5.74, 6) is 0.935. The molecule has 0 saturated heterocycles. The van der Waals surface area contributed by atoms with E-state index in [0.717, 1.165) is 34.5 Å². The van der Waals surface area contributed by atoms with Gasteiger partial charge >= 0.3 is 0 Å². The maximum atomic E-state index is 5.92. The standard InChI is InChI=1S/C12H16BrClO/c1-3-11(4-2)15-12-6-5-10(14)7-9(12)8-13/h5-7,11H,3-4,8H2,1-2H3. The van der Waals surface area contributed by atoms with Gasteiger partial charge in [-0.2, -0.15) is 0 Å². The molecule has 1 nitrogen and oxygen atoms in total. The van der Waals surface area contributed by atoms with Crippen molar-refractivity contribution in [1.29, 1.82) is 0 Å². The highest BCUT2D eigenvalue weighted by Gasteiger charge is 2.09. The minimum atomic E-state index is 0.295. The van der Waals surface area contributed by atoms with Gasteiger partial charge in [0.25, 0.3) is 0 Å². The zero-order valence-electron chi connectivity index (χ0n) is 9.09. The van der Waals surface area contributed by atoms with E-state index in [2.05, 4.69) is 29.8 Å². The molecule has 0 bridgehead atoms.